The van der Waals surface area contributed by atoms with Gasteiger partial charge >= 0.3 is 5.97 Å². The van der Waals surface area contributed by atoms with Gasteiger partial charge in [-0.2, -0.15) is 0 Å². The molecule has 1 aliphatic rings. The van der Waals surface area contributed by atoms with Crippen LogP contribution in [0.5, 0.6) is 0 Å². The monoisotopic (exact) mass is 388 g/mol. The molecule has 29 heavy (non-hydrogen) atoms. The normalized spacial score (nSPS) is 12.9. The number of hydrogen-bond acceptors (Lipinski definition) is 6. The predicted molar refractivity (Wildman–Crippen MR) is 110 cm³/mol. The number of esters is 1. The van der Waals surface area contributed by atoms with Crippen molar-refractivity contribution < 1.29 is 14.3 Å². The Morgan fingerprint density at radius 3 is 2.52 bits per heavy atom. The SMILES string of the molecule is COC(=O)c1cccc(NC(=O)c2cc(NC3CC3)nc(-c3ccccc3)n2)c1. The van der Waals surface area contributed by atoms with Gasteiger partial charge in [-0.25, -0.2) is 14.8 Å². The maximum Gasteiger partial charge on any atom is 0.337 e. The third-order valence-corrected chi connectivity index (χ3v) is 4.46. The maximum atomic E-state index is 12.9. The highest BCUT2D eigenvalue weighted by Crippen LogP contribution is 2.26. The number of benzene rings is 2. The van der Waals surface area contributed by atoms with Gasteiger partial charge in [0, 0.05) is 23.4 Å². The van der Waals surface area contributed by atoms with Gasteiger partial charge in [0.1, 0.15) is 11.5 Å². The lowest BCUT2D eigenvalue weighted by Gasteiger charge is -2.11. The minimum absolute atomic E-state index is 0.241. The lowest BCUT2D eigenvalue weighted by molar-refractivity contribution is 0.0600. The zero-order valence-electron chi connectivity index (χ0n) is 15.9. The molecule has 1 fully saturated rings. The lowest BCUT2D eigenvalue weighted by atomic mass is 10.2. The first-order valence-electron chi connectivity index (χ1n) is 9.33. The molecule has 1 heterocycles. The van der Waals surface area contributed by atoms with Gasteiger partial charge in [-0.1, -0.05) is 36.4 Å². The van der Waals surface area contributed by atoms with Crippen molar-refractivity contribution in [2.45, 2.75) is 18.9 Å². The number of carbonyl (C=O) groups excluding carboxylic acids is 2. The Morgan fingerprint density at radius 1 is 1.00 bits per heavy atom. The number of hydrogen-bond donors (Lipinski definition) is 2. The largest absolute Gasteiger partial charge is 0.465 e. The first kappa shape index (κ1) is 18.6. The average Bonchev–Trinajstić information content (AvgIpc) is 3.57. The number of nitrogens with one attached hydrogen (secondary N) is 2. The minimum Gasteiger partial charge on any atom is -0.465 e. The number of ether oxygens (including phenoxy) is 1. The third-order valence-electron chi connectivity index (χ3n) is 4.46. The van der Waals surface area contributed by atoms with Crippen LogP contribution in [-0.4, -0.2) is 35.0 Å². The molecule has 0 aliphatic heterocycles. The van der Waals surface area contributed by atoms with Crippen LogP contribution >= 0.6 is 0 Å². The summed E-state index contributed by atoms with van der Waals surface area (Å²) in [5.74, 6) is 0.246. The lowest BCUT2D eigenvalue weighted by Crippen LogP contribution is -2.16. The molecule has 0 radical (unpaired) electrons. The summed E-state index contributed by atoms with van der Waals surface area (Å²) in [5.41, 5.74) is 1.91. The number of amides is 1. The highest BCUT2D eigenvalue weighted by atomic mass is 16.5. The van der Waals surface area contributed by atoms with Crippen LogP contribution in [0.25, 0.3) is 11.4 Å². The fraction of sp³-hybridized carbons (Fsp3) is 0.182. The topological polar surface area (TPSA) is 93.2 Å². The second kappa shape index (κ2) is 8.10. The van der Waals surface area contributed by atoms with Crippen LogP contribution in [0.3, 0.4) is 0 Å². The van der Waals surface area contributed by atoms with Gasteiger partial charge in [0.25, 0.3) is 5.91 Å². The Labute approximate surface area is 168 Å². The van der Waals surface area contributed by atoms with Gasteiger partial charge in [-0.05, 0) is 31.0 Å². The number of aromatic nitrogens is 2. The molecule has 0 saturated heterocycles. The Morgan fingerprint density at radius 2 is 1.79 bits per heavy atom. The van der Waals surface area contributed by atoms with Gasteiger partial charge in [0.05, 0.1) is 12.7 Å². The van der Waals surface area contributed by atoms with Crippen LogP contribution in [0, 0.1) is 0 Å². The van der Waals surface area contributed by atoms with E-state index >= 15 is 0 Å². The van der Waals surface area contributed by atoms with E-state index in [4.69, 9.17) is 4.74 Å². The summed E-state index contributed by atoms with van der Waals surface area (Å²) in [7, 11) is 1.31. The van der Waals surface area contributed by atoms with Crippen LogP contribution in [0.2, 0.25) is 0 Å². The molecule has 0 spiro atoms. The quantitative estimate of drug-likeness (QED) is 0.625. The molecule has 1 aromatic heterocycles. The van der Waals surface area contributed by atoms with Gasteiger partial charge in [0.15, 0.2) is 5.82 Å². The summed E-state index contributed by atoms with van der Waals surface area (Å²) < 4.78 is 4.72. The molecule has 2 aromatic carbocycles. The molecule has 7 nitrogen and oxygen atoms in total. The Hall–Kier alpha value is -3.74. The number of nitrogens with zero attached hydrogens (tertiary/aromatic N) is 2. The van der Waals surface area contributed by atoms with E-state index in [1.165, 1.54) is 7.11 Å². The zero-order chi connectivity index (χ0) is 20.2. The van der Waals surface area contributed by atoms with Crippen molar-refractivity contribution in [1.29, 1.82) is 0 Å². The van der Waals surface area contributed by atoms with Gasteiger partial charge < -0.3 is 15.4 Å². The third kappa shape index (κ3) is 4.57. The van der Waals surface area contributed by atoms with E-state index in [0.29, 0.717) is 28.9 Å². The molecule has 1 amide bonds. The fourth-order valence-electron chi connectivity index (χ4n) is 2.83. The molecule has 4 rings (SSSR count). The number of methoxy groups -OCH3 is 1. The molecule has 1 saturated carbocycles. The van der Waals surface area contributed by atoms with Crippen LogP contribution in [0.1, 0.15) is 33.7 Å². The Kier molecular flexibility index (Phi) is 5.20. The van der Waals surface area contributed by atoms with Gasteiger partial charge in [0.2, 0.25) is 0 Å². The van der Waals surface area contributed by atoms with Crippen molar-refractivity contribution in [2.24, 2.45) is 0 Å². The van der Waals surface area contributed by atoms with E-state index < -0.39 is 5.97 Å². The molecule has 146 valence electrons. The summed E-state index contributed by atoms with van der Waals surface area (Å²) in [6.45, 7) is 0. The number of carbonyl (C=O) groups is 2. The molecule has 0 unspecified atom stereocenters. The smallest absolute Gasteiger partial charge is 0.337 e. The number of rotatable bonds is 6. The summed E-state index contributed by atoms with van der Waals surface area (Å²) in [4.78, 5) is 33.6. The van der Waals surface area contributed by atoms with E-state index in [9.17, 15) is 9.59 Å². The molecular formula is C22H20N4O3. The first-order valence-corrected chi connectivity index (χ1v) is 9.33. The summed E-state index contributed by atoms with van der Waals surface area (Å²) in [6, 6.07) is 18.1. The van der Waals surface area contributed by atoms with E-state index in [-0.39, 0.29) is 11.6 Å². The molecule has 7 heteroatoms. The van der Waals surface area contributed by atoms with E-state index in [0.717, 1.165) is 18.4 Å². The summed E-state index contributed by atoms with van der Waals surface area (Å²) >= 11 is 0. The predicted octanol–water partition coefficient (Wildman–Crippen LogP) is 3.76. The van der Waals surface area contributed by atoms with E-state index in [1.807, 2.05) is 30.3 Å². The van der Waals surface area contributed by atoms with Crippen molar-refractivity contribution in [2.75, 3.05) is 17.7 Å². The highest BCUT2D eigenvalue weighted by molar-refractivity contribution is 6.04. The van der Waals surface area contributed by atoms with Crippen LogP contribution in [-0.2, 0) is 4.74 Å². The molecule has 0 atom stereocenters. The van der Waals surface area contributed by atoms with Crippen molar-refractivity contribution >= 4 is 23.4 Å². The molecular weight excluding hydrogens is 368 g/mol. The van der Waals surface area contributed by atoms with E-state index in [2.05, 4.69) is 20.6 Å². The van der Waals surface area contributed by atoms with Crippen molar-refractivity contribution in [3.63, 3.8) is 0 Å². The molecule has 1 aliphatic carbocycles. The molecule has 0 bridgehead atoms. The van der Waals surface area contributed by atoms with Crippen molar-refractivity contribution in [1.82, 2.24) is 9.97 Å². The van der Waals surface area contributed by atoms with Crippen LogP contribution < -0.4 is 10.6 Å². The molecule has 3 aromatic rings. The number of anilines is 2. The average molecular weight is 388 g/mol. The second-order valence-electron chi connectivity index (χ2n) is 6.77. The molecule has 2 N–H and O–H groups in total. The van der Waals surface area contributed by atoms with Crippen molar-refractivity contribution in [3.05, 3.63) is 71.9 Å². The standard InChI is InChI=1S/C22H20N4O3/c1-29-22(28)15-8-5-9-17(12-15)24-21(27)18-13-19(23-16-10-11-16)26-20(25-18)14-6-3-2-4-7-14/h2-9,12-13,16H,10-11H2,1H3,(H,24,27)(H,23,25,26). The van der Waals surface area contributed by atoms with E-state index in [1.54, 1.807) is 30.3 Å². The Balaban J connectivity index is 1.62. The summed E-state index contributed by atoms with van der Waals surface area (Å²) in [5, 5.41) is 6.11. The van der Waals surface area contributed by atoms with Gasteiger partial charge in [-0.3, -0.25) is 4.79 Å². The Bertz CT molecular complexity index is 1050. The summed E-state index contributed by atoms with van der Waals surface area (Å²) in [6.07, 6.45) is 2.18. The minimum atomic E-state index is -0.467. The zero-order valence-corrected chi connectivity index (χ0v) is 15.9. The second-order valence-corrected chi connectivity index (χ2v) is 6.77. The van der Waals surface area contributed by atoms with Crippen LogP contribution in [0.4, 0.5) is 11.5 Å². The maximum absolute atomic E-state index is 12.9. The highest BCUT2D eigenvalue weighted by Gasteiger charge is 2.23. The first-order chi connectivity index (χ1) is 14.1. The van der Waals surface area contributed by atoms with Crippen LogP contribution in [0.15, 0.2) is 60.7 Å². The fourth-order valence-corrected chi connectivity index (χ4v) is 2.83. The van der Waals surface area contributed by atoms with Gasteiger partial charge in [-0.15, -0.1) is 0 Å². The van der Waals surface area contributed by atoms with Crippen molar-refractivity contribution in [3.8, 4) is 11.4 Å².